The quantitative estimate of drug-likeness (QED) is 0.790. The summed E-state index contributed by atoms with van der Waals surface area (Å²) in [5.41, 5.74) is 0. The van der Waals surface area contributed by atoms with Crippen LogP contribution in [0.25, 0.3) is 0 Å². The highest BCUT2D eigenvalue weighted by atomic mass is 16.3. The molecule has 0 saturated heterocycles. The van der Waals surface area contributed by atoms with Gasteiger partial charge >= 0.3 is 0 Å². The minimum atomic E-state index is 0.103. The molecule has 2 fully saturated rings. The molecule has 0 aliphatic heterocycles. The average Bonchev–Trinajstić information content (AvgIpc) is 2.34. The predicted molar refractivity (Wildman–Crippen MR) is 72.2 cm³/mol. The van der Waals surface area contributed by atoms with Crippen molar-refractivity contribution in [3.8, 4) is 0 Å². The Hall–Kier alpha value is -0.570. The number of nitrogens with zero attached hydrogens (tertiary/aromatic N) is 1. The van der Waals surface area contributed by atoms with Crippen molar-refractivity contribution in [1.29, 1.82) is 0 Å². The van der Waals surface area contributed by atoms with Gasteiger partial charge in [-0.1, -0.05) is 32.1 Å². The summed E-state index contributed by atoms with van der Waals surface area (Å²) in [6.45, 7) is 0.639. The molecule has 0 unspecified atom stereocenters. The number of carbonyl (C=O) groups excluding carboxylic acids is 1. The normalized spacial score (nSPS) is 21.6. The molecule has 3 nitrogen and oxygen atoms in total. The lowest BCUT2D eigenvalue weighted by Gasteiger charge is -2.37. The SMILES string of the molecule is O=C(CCC1CCCCC1)N(CCO)C1CCC1. The Morgan fingerprint density at radius 2 is 1.78 bits per heavy atom. The molecule has 2 rings (SSSR count). The van der Waals surface area contributed by atoms with Gasteiger partial charge in [0.05, 0.1) is 6.61 Å². The van der Waals surface area contributed by atoms with Crippen molar-refractivity contribution < 1.29 is 9.90 Å². The van der Waals surface area contributed by atoms with Gasteiger partial charge in [0.25, 0.3) is 0 Å². The third-order valence-electron chi connectivity index (χ3n) is 4.67. The molecule has 1 N–H and O–H groups in total. The maximum Gasteiger partial charge on any atom is 0.222 e. The van der Waals surface area contributed by atoms with E-state index in [9.17, 15) is 4.79 Å². The Morgan fingerprint density at radius 3 is 2.33 bits per heavy atom. The second-order valence-electron chi connectivity index (χ2n) is 5.94. The van der Waals surface area contributed by atoms with Crippen LogP contribution in [-0.4, -0.2) is 35.1 Å². The number of hydrogen-bond acceptors (Lipinski definition) is 2. The molecular formula is C15H27NO2. The van der Waals surface area contributed by atoms with Crippen molar-refractivity contribution in [2.75, 3.05) is 13.2 Å². The molecule has 0 atom stereocenters. The van der Waals surface area contributed by atoms with Crippen LogP contribution < -0.4 is 0 Å². The zero-order chi connectivity index (χ0) is 12.8. The minimum absolute atomic E-state index is 0.103. The van der Waals surface area contributed by atoms with Crippen molar-refractivity contribution in [3.05, 3.63) is 0 Å². The van der Waals surface area contributed by atoms with Crippen LogP contribution in [0.2, 0.25) is 0 Å². The Labute approximate surface area is 111 Å². The first kappa shape index (κ1) is 13.9. The third kappa shape index (κ3) is 3.71. The predicted octanol–water partition coefficient (Wildman–Crippen LogP) is 2.72. The first-order valence-electron chi connectivity index (χ1n) is 7.71. The second kappa shape index (κ2) is 7.13. The van der Waals surface area contributed by atoms with Crippen molar-refractivity contribution in [3.63, 3.8) is 0 Å². The van der Waals surface area contributed by atoms with Gasteiger partial charge in [0, 0.05) is 19.0 Å². The summed E-state index contributed by atoms with van der Waals surface area (Å²) in [6, 6.07) is 0.427. The molecule has 0 bridgehead atoms. The van der Waals surface area contributed by atoms with Crippen LogP contribution in [0.1, 0.15) is 64.2 Å². The van der Waals surface area contributed by atoms with Gasteiger partial charge in [-0.3, -0.25) is 4.79 Å². The van der Waals surface area contributed by atoms with Crippen LogP contribution in [0, 0.1) is 5.92 Å². The molecule has 0 heterocycles. The highest BCUT2D eigenvalue weighted by molar-refractivity contribution is 5.76. The first-order valence-corrected chi connectivity index (χ1v) is 7.71. The monoisotopic (exact) mass is 253 g/mol. The summed E-state index contributed by atoms with van der Waals surface area (Å²) in [7, 11) is 0. The van der Waals surface area contributed by atoms with E-state index in [1.807, 2.05) is 4.90 Å². The van der Waals surface area contributed by atoms with Crippen LogP contribution >= 0.6 is 0 Å². The summed E-state index contributed by atoms with van der Waals surface area (Å²) >= 11 is 0. The molecule has 2 aliphatic carbocycles. The van der Waals surface area contributed by atoms with Crippen LogP contribution in [0.4, 0.5) is 0 Å². The summed E-state index contributed by atoms with van der Waals surface area (Å²) in [5.74, 6) is 1.05. The fourth-order valence-electron chi connectivity index (χ4n) is 3.26. The van der Waals surface area contributed by atoms with Gasteiger partial charge in [-0.2, -0.15) is 0 Å². The number of carbonyl (C=O) groups is 1. The lowest BCUT2D eigenvalue weighted by Crippen LogP contribution is -2.45. The Balaban J connectivity index is 1.73. The summed E-state index contributed by atoms with van der Waals surface area (Å²) in [5, 5.41) is 9.08. The van der Waals surface area contributed by atoms with Crippen molar-refractivity contribution in [2.45, 2.75) is 70.3 Å². The summed E-state index contributed by atoms with van der Waals surface area (Å²) < 4.78 is 0. The van der Waals surface area contributed by atoms with Gasteiger partial charge in [0.1, 0.15) is 0 Å². The smallest absolute Gasteiger partial charge is 0.222 e. The highest BCUT2D eigenvalue weighted by Crippen LogP contribution is 2.29. The molecule has 1 amide bonds. The van der Waals surface area contributed by atoms with Crippen LogP contribution in [0.5, 0.6) is 0 Å². The lowest BCUT2D eigenvalue weighted by atomic mass is 9.85. The molecule has 0 aromatic carbocycles. The number of aliphatic hydroxyl groups excluding tert-OH is 1. The van der Waals surface area contributed by atoms with E-state index in [2.05, 4.69) is 0 Å². The van der Waals surface area contributed by atoms with E-state index in [4.69, 9.17) is 5.11 Å². The molecule has 0 aromatic heterocycles. The van der Waals surface area contributed by atoms with E-state index >= 15 is 0 Å². The Bertz CT molecular complexity index is 257. The lowest BCUT2D eigenvalue weighted by molar-refractivity contribution is -0.136. The second-order valence-corrected chi connectivity index (χ2v) is 5.94. The van der Waals surface area contributed by atoms with Crippen LogP contribution in [0.15, 0.2) is 0 Å². The number of rotatable bonds is 6. The van der Waals surface area contributed by atoms with Crippen molar-refractivity contribution in [2.24, 2.45) is 5.92 Å². The summed E-state index contributed by atoms with van der Waals surface area (Å²) in [4.78, 5) is 14.2. The minimum Gasteiger partial charge on any atom is -0.395 e. The van der Waals surface area contributed by atoms with Gasteiger partial charge in [0.2, 0.25) is 5.91 Å². The van der Waals surface area contributed by atoms with Crippen molar-refractivity contribution in [1.82, 2.24) is 4.90 Å². The van der Waals surface area contributed by atoms with Crippen LogP contribution in [0.3, 0.4) is 0 Å². The van der Waals surface area contributed by atoms with E-state index < -0.39 is 0 Å². The molecular weight excluding hydrogens is 226 g/mol. The van der Waals surface area contributed by atoms with E-state index in [0.29, 0.717) is 19.0 Å². The maximum atomic E-state index is 12.2. The maximum absolute atomic E-state index is 12.2. The average molecular weight is 253 g/mol. The summed E-state index contributed by atoms with van der Waals surface area (Å²) in [6.07, 6.45) is 12.0. The number of hydrogen-bond donors (Lipinski definition) is 1. The fourth-order valence-corrected chi connectivity index (χ4v) is 3.26. The number of aliphatic hydroxyl groups is 1. The Morgan fingerprint density at radius 1 is 1.06 bits per heavy atom. The van der Waals surface area contributed by atoms with Crippen LogP contribution in [-0.2, 0) is 4.79 Å². The standard InChI is InChI=1S/C15H27NO2/c17-12-11-16(14-7-4-8-14)15(18)10-9-13-5-2-1-3-6-13/h13-14,17H,1-12H2. The van der Waals surface area contributed by atoms with E-state index in [1.54, 1.807) is 0 Å². The topological polar surface area (TPSA) is 40.5 Å². The third-order valence-corrected chi connectivity index (χ3v) is 4.67. The van der Waals surface area contributed by atoms with Gasteiger partial charge in [-0.05, 0) is 31.6 Å². The molecule has 18 heavy (non-hydrogen) atoms. The molecule has 0 spiro atoms. The van der Waals surface area contributed by atoms with Crippen molar-refractivity contribution >= 4 is 5.91 Å². The molecule has 0 radical (unpaired) electrons. The molecule has 3 heteroatoms. The molecule has 2 saturated carbocycles. The molecule has 2 aliphatic rings. The van der Waals surface area contributed by atoms with Gasteiger partial charge in [0.15, 0.2) is 0 Å². The Kier molecular flexibility index (Phi) is 5.48. The van der Waals surface area contributed by atoms with Gasteiger partial charge in [-0.25, -0.2) is 0 Å². The number of amides is 1. The fraction of sp³-hybridized carbons (Fsp3) is 0.933. The zero-order valence-electron chi connectivity index (χ0n) is 11.4. The molecule has 104 valence electrons. The largest absolute Gasteiger partial charge is 0.395 e. The van der Waals surface area contributed by atoms with Gasteiger partial charge < -0.3 is 10.0 Å². The van der Waals surface area contributed by atoms with E-state index in [1.165, 1.54) is 38.5 Å². The highest BCUT2D eigenvalue weighted by Gasteiger charge is 2.28. The van der Waals surface area contributed by atoms with E-state index in [0.717, 1.165) is 25.2 Å². The zero-order valence-corrected chi connectivity index (χ0v) is 11.4. The molecule has 0 aromatic rings. The van der Waals surface area contributed by atoms with E-state index in [-0.39, 0.29) is 12.5 Å². The van der Waals surface area contributed by atoms with Gasteiger partial charge in [-0.15, -0.1) is 0 Å². The first-order chi connectivity index (χ1) is 8.81.